The van der Waals surface area contributed by atoms with Crippen LogP contribution in [0.15, 0.2) is 0 Å². The van der Waals surface area contributed by atoms with Crippen molar-refractivity contribution >= 4 is 11.8 Å². The summed E-state index contributed by atoms with van der Waals surface area (Å²) in [6, 6.07) is 0. The second-order valence-electron chi connectivity index (χ2n) is 6.41. The Hall–Kier alpha value is -1.06. The lowest BCUT2D eigenvalue weighted by atomic mass is 10.1. The van der Waals surface area contributed by atoms with Crippen molar-refractivity contribution in [3.8, 4) is 0 Å². The van der Waals surface area contributed by atoms with Crippen LogP contribution < -0.4 is 5.32 Å². The Labute approximate surface area is 136 Å². The molecule has 22 heavy (non-hydrogen) atoms. The molecule has 0 aromatic rings. The molecule has 1 N–H and O–H groups in total. The molecule has 1 saturated heterocycles. The van der Waals surface area contributed by atoms with Crippen molar-refractivity contribution in [2.45, 2.75) is 84.0 Å². The molecule has 1 fully saturated rings. The fourth-order valence-corrected chi connectivity index (χ4v) is 2.91. The third-order valence-electron chi connectivity index (χ3n) is 4.36. The molecule has 1 aliphatic heterocycles. The highest BCUT2D eigenvalue weighted by molar-refractivity contribution is 5.77. The van der Waals surface area contributed by atoms with Crippen molar-refractivity contribution in [2.24, 2.45) is 0 Å². The molecule has 0 unspecified atom stereocenters. The Balaban J connectivity index is 2.39. The number of nitrogens with one attached hydrogen (secondary N) is 1. The predicted octanol–water partition coefficient (Wildman–Crippen LogP) is 3.65. The number of hydrogen-bond acceptors (Lipinski definition) is 2. The zero-order valence-electron chi connectivity index (χ0n) is 14.4. The standard InChI is InChI=1S/C18H34N2O2/c1-2-3-4-10-15-20-16-11-6-5-9-14-19-17(21)12-7-8-13-18(20)22/h2-16H2,1H3,(H,19,21). The molecule has 0 bridgehead atoms. The molecule has 1 aliphatic rings. The number of hydrogen-bond donors (Lipinski definition) is 1. The SMILES string of the molecule is CCCCCCN1CCCCCCNC(=O)CCCCC1=O. The second kappa shape index (κ2) is 12.5. The first-order chi connectivity index (χ1) is 10.7. The van der Waals surface area contributed by atoms with Crippen molar-refractivity contribution in [1.82, 2.24) is 10.2 Å². The molecule has 0 radical (unpaired) electrons. The van der Waals surface area contributed by atoms with Crippen LogP contribution in [0.3, 0.4) is 0 Å². The molecular formula is C18H34N2O2. The first-order valence-corrected chi connectivity index (χ1v) is 9.28. The molecule has 0 atom stereocenters. The van der Waals surface area contributed by atoms with Crippen molar-refractivity contribution in [3.63, 3.8) is 0 Å². The number of unbranched alkanes of at least 4 members (excludes halogenated alkanes) is 3. The van der Waals surface area contributed by atoms with Gasteiger partial charge in [0.2, 0.25) is 11.8 Å². The Morgan fingerprint density at radius 2 is 1.68 bits per heavy atom. The maximum Gasteiger partial charge on any atom is 0.222 e. The van der Waals surface area contributed by atoms with Crippen LogP contribution in [0.4, 0.5) is 0 Å². The number of nitrogens with zero attached hydrogens (tertiary/aromatic N) is 1. The van der Waals surface area contributed by atoms with Gasteiger partial charge in [-0.15, -0.1) is 0 Å². The lowest BCUT2D eigenvalue weighted by molar-refractivity contribution is -0.131. The van der Waals surface area contributed by atoms with Gasteiger partial charge in [0, 0.05) is 32.5 Å². The smallest absolute Gasteiger partial charge is 0.222 e. The lowest BCUT2D eigenvalue weighted by Gasteiger charge is -2.23. The number of carbonyl (C=O) groups is 2. The molecule has 1 rings (SSSR count). The van der Waals surface area contributed by atoms with Gasteiger partial charge in [-0.1, -0.05) is 39.0 Å². The monoisotopic (exact) mass is 310 g/mol. The second-order valence-corrected chi connectivity index (χ2v) is 6.41. The molecule has 1 heterocycles. The summed E-state index contributed by atoms with van der Waals surface area (Å²) in [5.74, 6) is 0.426. The molecule has 2 amide bonds. The minimum atomic E-state index is 0.140. The Kier molecular flexibility index (Phi) is 10.8. The fraction of sp³-hybridized carbons (Fsp3) is 0.889. The quantitative estimate of drug-likeness (QED) is 0.788. The van der Waals surface area contributed by atoms with Gasteiger partial charge < -0.3 is 10.2 Å². The third-order valence-corrected chi connectivity index (χ3v) is 4.36. The van der Waals surface area contributed by atoms with Gasteiger partial charge >= 0.3 is 0 Å². The molecule has 4 heteroatoms. The van der Waals surface area contributed by atoms with E-state index < -0.39 is 0 Å². The molecule has 0 aromatic heterocycles. The summed E-state index contributed by atoms with van der Waals surface area (Å²) in [6.45, 7) is 4.85. The van der Waals surface area contributed by atoms with E-state index in [9.17, 15) is 9.59 Å². The van der Waals surface area contributed by atoms with Crippen LogP contribution in [0.25, 0.3) is 0 Å². The molecular weight excluding hydrogens is 276 g/mol. The van der Waals surface area contributed by atoms with E-state index in [0.29, 0.717) is 12.8 Å². The van der Waals surface area contributed by atoms with E-state index in [1.54, 1.807) is 0 Å². The van der Waals surface area contributed by atoms with Crippen LogP contribution >= 0.6 is 0 Å². The van der Waals surface area contributed by atoms with Crippen molar-refractivity contribution in [1.29, 1.82) is 0 Å². The Morgan fingerprint density at radius 3 is 2.50 bits per heavy atom. The van der Waals surface area contributed by atoms with Gasteiger partial charge in [0.05, 0.1) is 0 Å². The fourth-order valence-electron chi connectivity index (χ4n) is 2.91. The van der Waals surface area contributed by atoms with Crippen LogP contribution in [0.1, 0.15) is 84.0 Å². The van der Waals surface area contributed by atoms with Crippen molar-refractivity contribution in [3.05, 3.63) is 0 Å². The van der Waals surface area contributed by atoms with Gasteiger partial charge in [0.25, 0.3) is 0 Å². The maximum atomic E-state index is 12.4. The van der Waals surface area contributed by atoms with E-state index in [4.69, 9.17) is 0 Å². The first kappa shape index (κ1) is 19.0. The summed E-state index contributed by atoms with van der Waals surface area (Å²) >= 11 is 0. The molecule has 0 saturated carbocycles. The van der Waals surface area contributed by atoms with E-state index >= 15 is 0 Å². The minimum Gasteiger partial charge on any atom is -0.356 e. The summed E-state index contributed by atoms with van der Waals surface area (Å²) < 4.78 is 0. The van der Waals surface area contributed by atoms with E-state index in [1.165, 1.54) is 19.3 Å². The van der Waals surface area contributed by atoms with Gasteiger partial charge in [-0.2, -0.15) is 0 Å². The van der Waals surface area contributed by atoms with Crippen LogP contribution in [0, 0.1) is 0 Å². The van der Waals surface area contributed by atoms with Gasteiger partial charge in [0.15, 0.2) is 0 Å². The summed E-state index contributed by atoms with van der Waals surface area (Å²) in [7, 11) is 0. The minimum absolute atomic E-state index is 0.140. The van der Waals surface area contributed by atoms with Crippen LogP contribution in [0.2, 0.25) is 0 Å². The maximum absolute atomic E-state index is 12.4. The zero-order chi connectivity index (χ0) is 16.0. The van der Waals surface area contributed by atoms with Gasteiger partial charge in [0.1, 0.15) is 0 Å². The average Bonchev–Trinajstić information content (AvgIpc) is 2.51. The van der Waals surface area contributed by atoms with E-state index in [-0.39, 0.29) is 11.8 Å². The van der Waals surface area contributed by atoms with Crippen molar-refractivity contribution in [2.75, 3.05) is 19.6 Å². The highest BCUT2D eigenvalue weighted by Gasteiger charge is 2.13. The normalized spacial score (nSPS) is 19.6. The average molecular weight is 310 g/mol. The highest BCUT2D eigenvalue weighted by atomic mass is 16.2. The van der Waals surface area contributed by atoms with E-state index in [0.717, 1.165) is 64.6 Å². The lowest BCUT2D eigenvalue weighted by Crippen LogP contribution is -2.33. The van der Waals surface area contributed by atoms with Crippen LogP contribution in [-0.2, 0) is 9.59 Å². The molecule has 0 spiro atoms. The summed E-state index contributed by atoms with van der Waals surface area (Å²) in [5.41, 5.74) is 0. The molecule has 0 aromatic carbocycles. The summed E-state index contributed by atoms with van der Waals surface area (Å²) in [4.78, 5) is 26.0. The van der Waals surface area contributed by atoms with Crippen LogP contribution in [-0.4, -0.2) is 36.3 Å². The van der Waals surface area contributed by atoms with Gasteiger partial charge in [-0.05, 0) is 32.1 Å². The molecule has 128 valence electrons. The number of amides is 2. The topological polar surface area (TPSA) is 49.4 Å². The Morgan fingerprint density at radius 1 is 0.909 bits per heavy atom. The zero-order valence-corrected chi connectivity index (χ0v) is 14.4. The number of carbonyl (C=O) groups excluding carboxylic acids is 2. The number of rotatable bonds is 5. The first-order valence-electron chi connectivity index (χ1n) is 9.28. The third kappa shape index (κ3) is 9.06. The van der Waals surface area contributed by atoms with E-state index in [2.05, 4.69) is 17.1 Å². The largest absolute Gasteiger partial charge is 0.356 e. The molecule has 0 aliphatic carbocycles. The summed E-state index contributed by atoms with van der Waals surface area (Å²) in [6.07, 6.45) is 12.1. The molecule has 4 nitrogen and oxygen atoms in total. The summed E-state index contributed by atoms with van der Waals surface area (Å²) in [5, 5.41) is 2.96. The van der Waals surface area contributed by atoms with Gasteiger partial charge in [-0.25, -0.2) is 0 Å². The van der Waals surface area contributed by atoms with Crippen molar-refractivity contribution < 1.29 is 9.59 Å². The van der Waals surface area contributed by atoms with E-state index in [1.807, 2.05) is 0 Å². The predicted molar refractivity (Wildman–Crippen MR) is 90.7 cm³/mol. The van der Waals surface area contributed by atoms with Gasteiger partial charge in [-0.3, -0.25) is 9.59 Å². The Bertz CT molecular complexity index is 318. The van der Waals surface area contributed by atoms with Crippen LogP contribution in [0.5, 0.6) is 0 Å². The highest BCUT2D eigenvalue weighted by Crippen LogP contribution is 2.10.